The number of fused-ring (bicyclic) bond motifs is 1. The first-order valence-electron chi connectivity index (χ1n) is 9.43. The average molecular weight is 352 g/mol. The Morgan fingerprint density at radius 2 is 2.20 bits per heavy atom. The molecule has 0 N–H and O–H groups in total. The summed E-state index contributed by atoms with van der Waals surface area (Å²) >= 11 is 0. The lowest BCUT2D eigenvalue weighted by atomic mass is 9.94. The molecule has 3 rings (SSSR count). The van der Waals surface area contributed by atoms with E-state index >= 15 is 0 Å². The molecule has 0 aromatic heterocycles. The minimum absolute atomic E-state index is 0.0488. The predicted molar refractivity (Wildman–Crippen MR) is 95.6 cm³/mol. The minimum atomic E-state index is -0.214. The molecule has 3 aliphatic heterocycles. The third-order valence-electron chi connectivity index (χ3n) is 5.79. The first-order valence-corrected chi connectivity index (χ1v) is 9.43. The van der Waals surface area contributed by atoms with E-state index in [0.29, 0.717) is 19.7 Å². The minimum Gasteiger partial charge on any atom is -0.448 e. The van der Waals surface area contributed by atoms with Gasteiger partial charge in [-0.2, -0.15) is 0 Å². The Morgan fingerprint density at radius 1 is 1.40 bits per heavy atom. The molecule has 0 bridgehead atoms. The number of ether oxygens (including phenoxy) is 3. The van der Waals surface area contributed by atoms with Crippen molar-refractivity contribution in [3.8, 4) is 0 Å². The highest BCUT2D eigenvalue weighted by atomic mass is 16.6. The molecule has 142 valence electrons. The van der Waals surface area contributed by atoms with Gasteiger partial charge in [0.05, 0.1) is 25.4 Å². The van der Waals surface area contributed by atoms with Crippen molar-refractivity contribution in [1.29, 1.82) is 0 Å². The number of hydrogen-bond donors (Lipinski definition) is 0. The monoisotopic (exact) mass is 352 g/mol. The second-order valence-electron chi connectivity index (χ2n) is 8.00. The molecule has 0 aromatic rings. The van der Waals surface area contributed by atoms with Crippen molar-refractivity contribution in [3.05, 3.63) is 12.2 Å². The summed E-state index contributed by atoms with van der Waals surface area (Å²) in [6.45, 7) is 11.8. The van der Waals surface area contributed by atoms with Crippen LogP contribution in [0.15, 0.2) is 12.2 Å². The van der Waals surface area contributed by atoms with Gasteiger partial charge in [-0.05, 0) is 39.5 Å². The van der Waals surface area contributed by atoms with Crippen LogP contribution in [0.25, 0.3) is 0 Å². The largest absolute Gasteiger partial charge is 0.448 e. The summed E-state index contributed by atoms with van der Waals surface area (Å²) < 4.78 is 16.9. The van der Waals surface area contributed by atoms with Crippen molar-refractivity contribution in [2.45, 2.75) is 63.3 Å². The van der Waals surface area contributed by atoms with Gasteiger partial charge in [0.15, 0.2) is 0 Å². The molecule has 3 fully saturated rings. The molecule has 0 spiro atoms. The van der Waals surface area contributed by atoms with Crippen LogP contribution in [0.2, 0.25) is 0 Å². The maximum absolute atomic E-state index is 12.3. The smallest absolute Gasteiger partial charge is 0.409 e. The van der Waals surface area contributed by atoms with Gasteiger partial charge in [-0.1, -0.05) is 12.2 Å². The zero-order valence-electron chi connectivity index (χ0n) is 15.8. The van der Waals surface area contributed by atoms with Gasteiger partial charge in [0.2, 0.25) is 0 Å². The van der Waals surface area contributed by atoms with E-state index in [1.54, 1.807) is 12.0 Å². The molecular formula is C19H32N2O4. The average Bonchev–Trinajstić information content (AvgIpc) is 3.24. The zero-order chi connectivity index (χ0) is 18.0. The van der Waals surface area contributed by atoms with Crippen molar-refractivity contribution in [2.75, 3.05) is 40.0 Å². The normalized spacial score (nSPS) is 32.6. The molecule has 0 saturated carbocycles. The van der Waals surface area contributed by atoms with E-state index in [9.17, 15) is 4.79 Å². The molecular weight excluding hydrogens is 320 g/mol. The van der Waals surface area contributed by atoms with Crippen LogP contribution in [0.4, 0.5) is 4.79 Å². The molecule has 0 aliphatic carbocycles. The molecule has 3 atom stereocenters. The summed E-state index contributed by atoms with van der Waals surface area (Å²) in [7, 11) is 1.69. The van der Waals surface area contributed by atoms with E-state index in [2.05, 4.69) is 25.3 Å². The van der Waals surface area contributed by atoms with Crippen LogP contribution in [-0.4, -0.2) is 79.6 Å². The standard InChI is InChI=1S/C19H32N2O4/c1-14(2)25-13-19-7-5-16(21(19)10-15(3)9-19)12-24-18(22)20-8-6-17(11-20)23-4/h14,16-17H,3,5-13H2,1-2,4H3. The van der Waals surface area contributed by atoms with E-state index in [4.69, 9.17) is 14.2 Å². The van der Waals surface area contributed by atoms with Crippen molar-refractivity contribution in [2.24, 2.45) is 0 Å². The molecule has 3 saturated heterocycles. The highest BCUT2D eigenvalue weighted by molar-refractivity contribution is 5.68. The molecule has 0 aromatic carbocycles. The quantitative estimate of drug-likeness (QED) is 0.687. The maximum atomic E-state index is 12.3. The van der Waals surface area contributed by atoms with Crippen molar-refractivity contribution in [1.82, 2.24) is 9.80 Å². The van der Waals surface area contributed by atoms with Crippen LogP contribution in [0, 0.1) is 0 Å². The molecule has 3 aliphatic rings. The zero-order valence-corrected chi connectivity index (χ0v) is 15.8. The maximum Gasteiger partial charge on any atom is 0.409 e. The number of amides is 1. The third kappa shape index (κ3) is 4.01. The molecule has 6 heteroatoms. The number of carbonyl (C=O) groups is 1. The Balaban J connectivity index is 1.53. The molecule has 3 heterocycles. The summed E-state index contributed by atoms with van der Waals surface area (Å²) in [5, 5.41) is 0. The SMILES string of the molecule is C=C1CN2C(COC(=O)N3CCC(OC)C3)CCC2(COC(C)C)C1. The lowest BCUT2D eigenvalue weighted by Gasteiger charge is -2.35. The molecule has 0 radical (unpaired) electrons. The number of rotatable bonds is 6. The van der Waals surface area contributed by atoms with Gasteiger partial charge in [0, 0.05) is 31.8 Å². The fourth-order valence-corrected chi connectivity index (χ4v) is 4.42. The second-order valence-corrected chi connectivity index (χ2v) is 8.00. The van der Waals surface area contributed by atoms with E-state index in [-0.39, 0.29) is 29.9 Å². The van der Waals surface area contributed by atoms with Crippen LogP contribution in [0.5, 0.6) is 0 Å². The van der Waals surface area contributed by atoms with E-state index in [0.717, 1.165) is 38.8 Å². The lowest BCUT2D eigenvalue weighted by Crippen LogP contribution is -2.48. The number of methoxy groups -OCH3 is 1. The summed E-state index contributed by atoms with van der Waals surface area (Å²) in [6, 6.07) is 0.264. The number of hydrogen-bond acceptors (Lipinski definition) is 5. The Hall–Kier alpha value is -1.11. The van der Waals surface area contributed by atoms with Crippen LogP contribution < -0.4 is 0 Å². The Morgan fingerprint density at radius 3 is 2.88 bits per heavy atom. The number of carbonyl (C=O) groups excluding carboxylic acids is 1. The topological polar surface area (TPSA) is 51.2 Å². The van der Waals surface area contributed by atoms with Gasteiger partial charge >= 0.3 is 6.09 Å². The molecule has 6 nitrogen and oxygen atoms in total. The Kier molecular flexibility index (Phi) is 5.71. The van der Waals surface area contributed by atoms with Gasteiger partial charge in [0.1, 0.15) is 6.61 Å². The van der Waals surface area contributed by atoms with Crippen molar-refractivity contribution >= 4 is 6.09 Å². The van der Waals surface area contributed by atoms with Crippen LogP contribution in [0.1, 0.15) is 39.5 Å². The fourth-order valence-electron chi connectivity index (χ4n) is 4.42. The van der Waals surface area contributed by atoms with Gasteiger partial charge in [-0.25, -0.2) is 4.79 Å². The fraction of sp³-hybridized carbons (Fsp3) is 0.842. The summed E-state index contributed by atoms with van der Waals surface area (Å²) in [4.78, 5) is 16.5. The van der Waals surface area contributed by atoms with Crippen molar-refractivity contribution < 1.29 is 19.0 Å². The first kappa shape index (κ1) is 18.7. The number of likely N-dealkylation sites (tertiary alicyclic amines) is 1. The van der Waals surface area contributed by atoms with Gasteiger partial charge in [0.25, 0.3) is 0 Å². The predicted octanol–water partition coefficient (Wildman–Crippen LogP) is 2.43. The summed E-state index contributed by atoms with van der Waals surface area (Å²) in [6.07, 6.45) is 4.16. The van der Waals surface area contributed by atoms with Gasteiger partial charge in [-0.15, -0.1) is 0 Å². The summed E-state index contributed by atoms with van der Waals surface area (Å²) in [5.74, 6) is 0. The van der Waals surface area contributed by atoms with E-state index in [1.165, 1.54) is 5.57 Å². The Bertz CT molecular complexity index is 510. The van der Waals surface area contributed by atoms with E-state index < -0.39 is 0 Å². The first-order chi connectivity index (χ1) is 11.9. The van der Waals surface area contributed by atoms with Crippen molar-refractivity contribution in [3.63, 3.8) is 0 Å². The highest BCUT2D eigenvalue weighted by Gasteiger charge is 2.51. The number of nitrogens with zero attached hydrogens (tertiary/aromatic N) is 2. The molecule has 25 heavy (non-hydrogen) atoms. The molecule has 3 unspecified atom stereocenters. The third-order valence-corrected chi connectivity index (χ3v) is 5.79. The lowest BCUT2D eigenvalue weighted by molar-refractivity contribution is -0.0126. The van der Waals surface area contributed by atoms with Gasteiger partial charge in [-0.3, -0.25) is 4.90 Å². The van der Waals surface area contributed by atoms with Crippen LogP contribution >= 0.6 is 0 Å². The second kappa shape index (κ2) is 7.64. The molecule has 1 amide bonds. The summed E-state index contributed by atoms with van der Waals surface area (Å²) in [5.41, 5.74) is 1.30. The van der Waals surface area contributed by atoms with Crippen LogP contribution in [-0.2, 0) is 14.2 Å². The Labute approximate surface area is 151 Å². The van der Waals surface area contributed by atoms with Crippen LogP contribution in [0.3, 0.4) is 0 Å². The van der Waals surface area contributed by atoms with E-state index in [1.807, 2.05) is 0 Å². The van der Waals surface area contributed by atoms with Gasteiger partial charge < -0.3 is 19.1 Å². The highest BCUT2D eigenvalue weighted by Crippen LogP contribution is 2.44.